The molecule has 0 amide bonds. The van der Waals surface area contributed by atoms with Crippen LogP contribution in [-0.2, 0) is 22.6 Å². The van der Waals surface area contributed by atoms with E-state index < -0.39 is 0 Å². The second-order valence-electron chi connectivity index (χ2n) is 4.62. The van der Waals surface area contributed by atoms with Crippen LogP contribution in [0.2, 0.25) is 5.02 Å². The van der Waals surface area contributed by atoms with Crippen molar-refractivity contribution < 1.29 is 14.3 Å². The maximum absolute atomic E-state index is 10.8. The van der Waals surface area contributed by atoms with E-state index in [2.05, 4.69) is 0 Å². The molecule has 21 heavy (non-hydrogen) atoms. The Morgan fingerprint density at radius 1 is 1.14 bits per heavy atom. The predicted octanol–water partition coefficient (Wildman–Crippen LogP) is 4.02. The van der Waals surface area contributed by atoms with Crippen LogP contribution < -0.4 is 4.74 Å². The lowest BCUT2D eigenvalue weighted by Crippen LogP contribution is -2.04. The molecule has 0 aliphatic heterocycles. The van der Waals surface area contributed by atoms with Gasteiger partial charge in [0.2, 0.25) is 0 Å². The number of rotatable bonds is 6. The molecule has 0 aliphatic rings. The number of hydrogen-bond donors (Lipinski definition) is 0. The first kappa shape index (κ1) is 15.4. The van der Waals surface area contributed by atoms with Crippen LogP contribution in [-0.4, -0.2) is 12.6 Å². The minimum Gasteiger partial charge on any atom is -0.489 e. The van der Waals surface area contributed by atoms with E-state index in [4.69, 9.17) is 21.1 Å². The standard InChI is InChI=1S/C17H17ClO3/c1-13(19)20-10-9-15-11-16(7-8-17(15)18)21-12-14-5-3-2-4-6-14/h2-8,11H,9-10,12H2,1H3. The summed E-state index contributed by atoms with van der Waals surface area (Å²) in [6, 6.07) is 15.5. The summed E-state index contributed by atoms with van der Waals surface area (Å²) in [6.07, 6.45) is 0.570. The summed E-state index contributed by atoms with van der Waals surface area (Å²) >= 11 is 6.13. The Hall–Kier alpha value is -2.00. The SMILES string of the molecule is CC(=O)OCCc1cc(OCc2ccccc2)ccc1Cl. The highest BCUT2D eigenvalue weighted by molar-refractivity contribution is 6.31. The van der Waals surface area contributed by atoms with Gasteiger partial charge in [-0.3, -0.25) is 4.79 Å². The van der Waals surface area contributed by atoms with Crippen LogP contribution in [0.25, 0.3) is 0 Å². The molecule has 0 saturated carbocycles. The maximum Gasteiger partial charge on any atom is 0.302 e. The number of carbonyl (C=O) groups excluding carboxylic acids is 1. The summed E-state index contributed by atoms with van der Waals surface area (Å²) in [5.74, 6) is 0.462. The van der Waals surface area contributed by atoms with Gasteiger partial charge in [-0.25, -0.2) is 0 Å². The molecule has 0 unspecified atom stereocenters. The first-order chi connectivity index (χ1) is 10.1. The topological polar surface area (TPSA) is 35.5 Å². The molecule has 110 valence electrons. The van der Waals surface area contributed by atoms with E-state index >= 15 is 0 Å². The van der Waals surface area contributed by atoms with Crippen molar-refractivity contribution in [1.82, 2.24) is 0 Å². The van der Waals surface area contributed by atoms with Crippen molar-refractivity contribution in [2.45, 2.75) is 20.0 Å². The summed E-state index contributed by atoms with van der Waals surface area (Å²) < 4.78 is 10.7. The second-order valence-corrected chi connectivity index (χ2v) is 5.02. The fraction of sp³-hybridized carbons (Fsp3) is 0.235. The summed E-state index contributed by atoms with van der Waals surface area (Å²) in [5, 5.41) is 0.647. The highest BCUT2D eigenvalue weighted by atomic mass is 35.5. The van der Waals surface area contributed by atoms with E-state index in [0.717, 1.165) is 16.9 Å². The summed E-state index contributed by atoms with van der Waals surface area (Å²) in [6.45, 7) is 2.21. The molecule has 4 heteroatoms. The van der Waals surface area contributed by atoms with Crippen LogP contribution in [0.4, 0.5) is 0 Å². The van der Waals surface area contributed by atoms with Gasteiger partial charge in [0.25, 0.3) is 0 Å². The van der Waals surface area contributed by atoms with Gasteiger partial charge in [-0.1, -0.05) is 41.9 Å². The maximum atomic E-state index is 10.8. The minimum absolute atomic E-state index is 0.289. The highest BCUT2D eigenvalue weighted by Gasteiger charge is 2.05. The van der Waals surface area contributed by atoms with Crippen LogP contribution in [0.15, 0.2) is 48.5 Å². The number of carbonyl (C=O) groups is 1. The number of esters is 1. The van der Waals surface area contributed by atoms with Crippen molar-refractivity contribution in [2.24, 2.45) is 0 Å². The monoisotopic (exact) mass is 304 g/mol. The number of ether oxygens (including phenoxy) is 2. The predicted molar refractivity (Wildman–Crippen MR) is 82.6 cm³/mol. The Bertz CT molecular complexity index is 596. The van der Waals surface area contributed by atoms with Gasteiger partial charge < -0.3 is 9.47 Å². The molecule has 0 fully saturated rings. The molecular weight excluding hydrogens is 288 g/mol. The fourth-order valence-corrected chi connectivity index (χ4v) is 2.09. The summed E-state index contributed by atoms with van der Waals surface area (Å²) in [7, 11) is 0. The van der Waals surface area contributed by atoms with Crippen molar-refractivity contribution in [3.8, 4) is 5.75 Å². The number of benzene rings is 2. The summed E-state index contributed by atoms with van der Waals surface area (Å²) in [4.78, 5) is 10.8. The van der Waals surface area contributed by atoms with Gasteiger partial charge in [0.1, 0.15) is 12.4 Å². The van der Waals surface area contributed by atoms with Crippen molar-refractivity contribution in [2.75, 3.05) is 6.61 Å². The Morgan fingerprint density at radius 3 is 2.62 bits per heavy atom. The van der Waals surface area contributed by atoms with Crippen LogP contribution >= 0.6 is 11.6 Å². The zero-order chi connectivity index (χ0) is 15.1. The third kappa shape index (κ3) is 5.12. The molecule has 0 heterocycles. The van der Waals surface area contributed by atoms with Gasteiger partial charge in [-0.15, -0.1) is 0 Å². The van der Waals surface area contributed by atoms with Gasteiger partial charge in [-0.05, 0) is 29.3 Å². The first-order valence-corrected chi connectivity index (χ1v) is 7.11. The second kappa shape index (κ2) is 7.70. The third-order valence-corrected chi connectivity index (χ3v) is 3.31. The average molecular weight is 305 g/mol. The van der Waals surface area contributed by atoms with Crippen LogP contribution in [0.1, 0.15) is 18.1 Å². The molecular formula is C17H17ClO3. The van der Waals surface area contributed by atoms with Crippen molar-refractivity contribution in [3.63, 3.8) is 0 Å². The van der Waals surface area contributed by atoms with Crippen molar-refractivity contribution >= 4 is 17.6 Å². The molecule has 0 aromatic heterocycles. The fourth-order valence-electron chi connectivity index (χ4n) is 1.88. The smallest absolute Gasteiger partial charge is 0.302 e. The van der Waals surface area contributed by atoms with Gasteiger partial charge in [0, 0.05) is 18.4 Å². The lowest BCUT2D eigenvalue weighted by Gasteiger charge is -2.10. The zero-order valence-corrected chi connectivity index (χ0v) is 12.6. The molecule has 0 bridgehead atoms. The van der Waals surface area contributed by atoms with Crippen LogP contribution in [0, 0.1) is 0 Å². The van der Waals surface area contributed by atoms with Crippen LogP contribution in [0.5, 0.6) is 5.75 Å². The van der Waals surface area contributed by atoms with E-state index in [9.17, 15) is 4.79 Å². The molecule has 2 aromatic carbocycles. The Balaban J connectivity index is 1.96. The Labute approximate surface area is 129 Å². The lowest BCUT2D eigenvalue weighted by molar-refractivity contribution is -0.140. The molecule has 0 spiro atoms. The number of hydrogen-bond acceptors (Lipinski definition) is 3. The minimum atomic E-state index is -0.289. The highest BCUT2D eigenvalue weighted by Crippen LogP contribution is 2.23. The lowest BCUT2D eigenvalue weighted by atomic mass is 10.1. The molecule has 2 aromatic rings. The molecule has 0 aliphatic carbocycles. The molecule has 0 radical (unpaired) electrons. The Kier molecular flexibility index (Phi) is 5.64. The van der Waals surface area contributed by atoms with Crippen molar-refractivity contribution in [1.29, 1.82) is 0 Å². The molecule has 0 atom stereocenters. The molecule has 0 N–H and O–H groups in total. The van der Waals surface area contributed by atoms with E-state index in [1.54, 1.807) is 6.07 Å². The molecule has 0 saturated heterocycles. The molecule has 3 nitrogen and oxygen atoms in total. The van der Waals surface area contributed by atoms with Gasteiger partial charge >= 0.3 is 5.97 Å². The van der Waals surface area contributed by atoms with E-state index in [0.29, 0.717) is 24.7 Å². The normalized spacial score (nSPS) is 10.2. The van der Waals surface area contributed by atoms with E-state index in [1.165, 1.54) is 6.92 Å². The van der Waals surface area contributed by atoms with Gasteiger partial charge in [-0.2, -0.15) is 0 Å². The van der Waals surface area contributed by atoms with Gasteiger partial charge in [0.05, 0.1) is 6.61 Å². The largest absolute Gasteiger partial charge is 0.489 e. The number of halogens is 1. The van der Waals surface area contributed by atoms with Crippen LogP contribution in [0.3, 0.4) is 0 Å². The first-order valence-electron chi connectivity index (χ1n) is 6.73. The average Bonchev–Trinajstić information content (AvgIpc) is 2.48. The summed E-state index contributed by atoms with van der Waals surface area (Å²) in [5.41, 5.74) is 2.01. The third-order valence-electron chi connectivity index (χ3n) is 2.94. The zero-order valence-electron chi connectivity index (χ0n) is 11.8. The Morgan fingerprint density at radius 2 is 1.90 bits per heavy atom. The molecule has 2 rings (SSSR count). The van der Waals surface area contributed by atoms with Gasteiger partial charge in [0.15, 0.2) is 0 Å². The van der Waals surface area contributed by atoms with E-state index in [-0.39, 0.29) is 5.97 Å². The quantitative estimate of drug-likeness (QED) is 0.756. The van der Waals surface area contributed by atoms with Crippen molar-refractivity contribution in [3.05, 3.63) is 64.7 Å². The van der Waals surface area contributed by atoms with E-state index in [1.807, 2.05) is 42.5 Å².